The first kappa shape index (κ1) is 12.0. The van der Waals surface area contributed by atoms with E-state index in [1.807, 2.05) is 0 Å². The molecule has 1 aliphatic carbocycles. The highest BCUT2D eigenvalue weighted by atomic mass is 16.5. The maximum Gasteiger partial charge on any atom is 0.0499 e. The van der Waals surface area contributed by atoms with Crippen LogP contribution < -0.4 is 5.32 Å². The van der Waals surface area contributed by atoms with Gasteiger partial charge in [0, 0.05) is 26.3 Å². The minimum absolute atomic E-state index is 0.637. The Labute approximate surface area is 88.4 Å². The Morgan fingerprint density at radius 1 is 1.29 bits per heavy atom. The highest BCUT2D eigenvalue weighted by Gasteiger charge is 2.30. The molecule has 14 heavy (non-hydrogen) atoms. The monoisotopic (exact) mass is 199 g/mol. The van der Waals surface area contributed by atoms with Crippen LogP contribution in [0.1, 0.15) is 33.6 Å². The largest absolute Gasteiger partial charge is 0.384 e. The summed E-state index contributed by atoms with van der Waals surface area (Å²) in [6.07, 6.45) is 2.74. The van der Waals surface area contributed by atoms with Crippen molar-refractivity contribution in [3.05, 3.63) is 0 Å². The van der Waals surface area contributed by atoms with Gasteiger partial charge in [-0.05, 0) is 30.6 Å². The SMILES string of the molecule is COCC(C)CNC1CC(C(C)C)C1. The molecule has 0 aromatic carbocycles. The van der Waals surface area contributed by atoms with Crippen LogP contribution in [0.15, 0.2) is 0 Å². The van der Waals surface area contributed by atoms with E-state index in [1.54, 1.807) is 7.11 Å². The number of hydrogen-bond acceptors (Lipinski definition) is 2. The minimum Gasteiger partial charge on any atom is -0.384 e. The van der Waals surface area contributed by atoms with Crippen molar-refractivity contribution in [1.29, 1.82) is 0 Å². The smallest absolute Gasteiger partial charge is 0.0499 e. The average molecular weight is 199 g/mol. The van der Waals surface area contributed by atoms with Crippen LogP contribution in [0, 0.1) is 17.8 Å². The van der Waals surface area contributed by atoms with Crippen molar-refractivity contribution in [2.75, 3.05) is 20.3 Å². The van der Waals surface area contributed by atoms with Gasteiger partial charge in [-0.3, -0.25) is 0 Å². The van der Waals surface area contributed by atoms with Crippen LogP contribution in [-0.4, -0.2) is 26.3 Å². The molecule has 0 aromatic rings. The molecule has 1 atom stereocenters. The third-order valence-corrected chi connectivity index (χ3v) is 3.32. The maximum atomic E-state index is 5.11. The lowest BCUT2D eigenvalue weighted by molar-refractivity contribution is 0.135. The fourth-order valence-electron chi connectivity index (χ4n) is 2.08. The summed E-state index contributed by atoms with van der Waals surface area (Å²) in [6, 6.07) is 0.779. The molecule has 0 bridgehead atoms. The van der Waals surface area contributed by atoms with Crippen molar-refractivity contribution < 1.29 is 4.74 Å². The molecule has 84 valence electrons. The first-order valence-electron chi connectivity index (χ1n) is 5.85. The van der Waals surface area contributed by atoms with E-state index in [4.69, 9.17) is 4.74 Å². The Balaban J connectivity index is 2.00. The van der Waals surface area contributed by atoms with Crippen LogP contribution in [0.25, 0.3) is 0 Å². The van der Waals surface area contributed by atoms with Crippen molar-refractivity contribution in [2.45, 2.75) is 39.7 Å². The van der Waals surface area contributed by atoms with Gasteiger partial charge in [-0.1, -0.05) is 20.8 Å². The maximum absolute atomic E-state index is 5.11. The van der Waals surface area contributed by atoms with Crippen molar-refractivity contribution in [3.63, 3.8) is 0 Å². The predicted molar refractivity (Wildman–Crippen MR) is 60.4 cm³/mol. The Hall–Kier alpha value is -0.0800. The summed E-state index contributed by atoms with van der Waals surface area (Å²) >= 11 is 0. The lowest BCUT2D eigenvalue weighted by Crippen LogP contribution is -2.44. The van der Waals surface area contributed by atoms with Gasteiger partial charge >= 0.3 is 0 Å². The molecule has 1 saturated carbocycles. The van der Waals surface area contributed by atoms with Crippen LogP contribution in [0.4, 0.5) is 0 Å². The summed E-state index contributed by atoms with van der Waals surface area (Å²) in [7, 11) is 1.77. The van der Waals surface area contributed by atoms with Crippen LogP contribution in [0.5, 0.6) is 0 Å². The summed E-state index contributed by atoms with van der Waals surface area (Å²) in [6.45, 7) is 8.86. The van der Waals surface area contributed by atoms with Gasteiger partial charge in [0.15, 0.2) is 0 Å². The Morgan fingerprint density at radius 2 is 1.93 bits per heavy atom. The number of methoxy groups -OCH3 is 1. The van der Waals surface area contributed by atoms with E-state index >= 15 is 0 Å². The van der Waals surface area contributed by atoms with E-state index in [1.165, 1.54) is 12.8 Å². The molecule has 0 heterocycles. The van der Waals surface area contributed by atoms with Crippen LogP contribution in [-0.2, 0) is 4.74 Å². The minimum atomic E-state index is 0.637. The Bertz CT molecular complexity index is 152. The van der Waals surface area contributed by atoms with Crippen LogP contribution >= 0.6 is 0 Å². The van der Waals surface area contributed by atoms with Gasteiger partial charge in [-0.2, -0.15) is 0 Å². The van der Waals surface area contributed by atoms with Crippen molar-refractivity contribution >= 4 is 0 Å². The Kier molecular flexibility index (Phi) is 4.90. The molecule has 0 aliphatic heterocycles. The molecule has 0 saturated heterocycles. The third-order valence-electron chi connectivity index (χ3n) is 3.32. The van der Waals surface area contributed by atoms with E-state index in [-0.39, 0.29) is 0 Å². The second kappa shape index (κ2) is 5.72. The highest BCUT2D eigenvalue weighted by molar-refractivity contribution is 4.86. The van der Waals surface area contributed by atoms with Gasteiger partial charge < -0.3 is 10.1 Å². The summed E-state index contributed by atoms with van der Waals surface area (Å²) in [5.41, 5.74) is 0. The molecule has 0 amide bonds. The number of rotatable bonds is 6. The van der Waals surface area contributed by atoms with Gasteiger partial charge in [-0.15, -0.1) is 0 Å². The topological polar surface area (TPSA) is 21.3 Å². The summed E-state index contributed by atoms with van der Waals surface area (Å²) in [4.78, 5) is 0. The third kappa shape index (κ3) is 3.58. The number of ether oxygens (including phenoxy) is 1. The molecule has 1 unspecified atom stereocenters. The van der Waals surface area contributed by atoms with Crippen LogP contribution in [0.3, 0.4) is 0 Å². The van der Waals surface area contributed by atoms with E-state index in [9.17, 15) is 0 Å². The van der Waals surface area contributed by atoms with Crippen molar-refractivity contribution in [3.8, 4) is 0 Å². The second-order valence-electron chi connectivity index (χ2n) is 5.14. The Morgan fingerprint density at radius 3 is 2.43 bits per heavy atom. The highest BCUT2D eigenvalue weighted by Crippen LogP contribution is 2.33. The zero-order valence-electron chi connectivity index (χ0n) is 10.0. The van der Waals surface area contributed by atoms with Gasteiger partial charge in [-0.25, -0.2) is 0 Å². The fourth-order valence-corrected chi connectivity index (χ4v) is 2.08. The second-order valence-corrected chi connectivity index (χ2v) is 5.14. The van der Waals surface area contributed by atoms with Crippen molar-refractivity contribution in [1.82, 2.24) is 5.32 Å². The molecule has 0 radical (unpaired) electrons. The molecule has 1 N–H and O–H groups in total. The van der Waals surface area contributed by atoms with E-state index in [2.05, 4.69) is 26.1 Å². The molecular weight excluding hydrogens is 174 g/mol. The number of hydrogen-bond donors (Lipinski definition) is 1. The molecule has 1 fully saturated rings. The van der Waals surface area contributed by atoms with E-state index in [0.717, 1.165) is 31.0 Å². The van der Waals surface area contributed by atoms with Gasteiger partial charge in [0.25, 0.3) is 0 Å². The average Bonchev–Trinajstić information content (AvgIpc) is 2.01. The molecule has 2 heteroatoms. The first-order chi connectivity index (χ1) is 6.63. The van der Waals surface area contributed by atoms with Gasteiger partial charge in [0.1, 0.15) is 0 Å². The fraction of sp³-hybridized carbons (Fsp3) is 1.00. The zero-order valence-corrected chi connectivity index (χ0v) is 10.0. The van der Waals surface area contributed by atoms with Crippen LogP contribution in [0.2, 0.25) is 0 Å². The zero-order chi connectivity index (χ0) is 10.6. The molecule has 2 nitrogen and oxygen atoms in total. The molecule has 0 spiro atoms. The van der Waals surface area contributed by atoms with E-state index in [0.29, 0.717) is 5.92 Å². The summed E-state index contributed by atoms with van der Waals surface area (Å²) < 4.78 is 5.11. The number of nitrogens with one attached hydrogen (secondary N) is 1. The quantitative estimate of drug-likeness (QED) is 0.708. The normalized spacial score (nSPS) is 28.9. The lowest BCUT2D eigenvalue weighted by atomic mass is 9.73. The molecule has 0 aromatic heterocycles. The first-order valence-corrected chi connectivity index (χ1v) is 5.85. The molecule has 1 rings (SSSR count). The predicted octanol–water partition coefficient (Wildman–Crippen LogP) is 2.29. The molecular formula is C12H25NO. The molecule has 1 aliphatic rings. The van der Waals surface area contributed by atoms with Crippen molar-refractivity contribution in [2.24, 2.45) is 17.8 Å². The summed E-state index contributed by atoms with van der Waals surface area (Å²) in [5.74, 6) is 2.47. The standard InChI is InChI=1S/C12H25NO/c1-9(2)11-5-12(6-11)13-7-10(3)8-14-4/h9-13H,5-8H2,1-4H3. The van der Waals surface area contributed by atoms with E-state index < -0.39 is 0 Å². The lowest BCUT2D eigenvalue weighted by Gasteiger charge is -2.39. The van der Waals surface area contributed by atoms with Gasteiger partial charge in [0.05, 0.1) is 0 Å². The van der Waals surface area contributed by atoms with Gasteiger partial charge in [0.2, 0.25) is 0 Å². The summed E-state index contributed by atoms with van der Waals surface area (Å²) in [5, 5.41) is 3.61.